The summed E-state index contributed by atoms with van der Waals surface area (Å²) in [4.78, 5) is 23.4. The van der Waals surface area contributed by atoms with Crippen LogP contribution in [0.5, 0.6) is 0 Å². The molecule has 11 heteroatoms. The molecule has 2 atom stereocenters. The number of anilines is 1. The van der Waals surface area contributed by atoms with Crippen LogP contribution in [-0.2, 0) is 11.0 Å². The molecule has 2 aliphatic rings. The average molecular weight is 522 g/mol. The average Bonchev–Trinajstić information content (AvgIpc) is 3.42. The minimum atomic E-state index is -4.58. The van der Waals surface area contributed by atoms with Gasteiger partial charge in [0.25, 0.3) is 0 Å². The summed E-state index contributed by atoms with van der Waals surface area (Å²) >= 11 is 6.36. The van der Waals surface area contributed by atoms with Crippen LogP contribution in [-0.4, -0.2) is 50.8 Å². The number of aromatic nitrogens is 3. The molecule has 0 spiro atoms. The van der Waals surface area contributed by atoms with Gasteiger partial charge in [0.1, 0.15) is 11.5 Å². The number of pyridine rings is 1. The Kier molecular flexibility index (Phi) is 6.59. The van der Waals surface area contributed by atoms with Crippen LogP contribution in [0.2, 0.25) is 5.02 Å². The maximum atomic E-state index is 13.4. The number of aliphatic hydroxyl groups is 1. The van der Waals surface area contributed by atoms with Crippen molar-refractivity contribution in [3.05, 3.63) is 46.6 Å². The minimum absolute atomic E-state index is 0.0592. The fourth-order valence-corrected chi connectivity index (χ4v) is 5.24. The predicted molar refractivity (Wildman–Crippen MR) is 130 cm³/mol. The molecule has 1 saturated heterocycles. The lowest BCUT2D eigenvalue weighted by molar-refractivity contribution is -0.141. The SMILES string of the molecule is Cc1cc2nc(N3CCC(C(=O)N[C@H]4CCCC4O)CC3)n(-c3cccc(C(F)(F)F)n3)c2cc1Cl. The number of aryl methyl sites for hydroxylation is 1. The van der Waals surface area contributed by atoms with Crippen molar-refractivity contribution in [2.75, 3.05) is 18.0 Å². The van der Waals surface area contributed by atoms with Crippen molar-refractivity contribution in [2.24, 2.45) is 5.92 Å². The second kappa shape index (κ2) is 9.55. The summed E-state index contributed by atoms with van der Waals surface area (Å²) < 4.78 is 41.8. The van der Waals surface area contributed by atoms with Gasteiger partial charge in [0.2, 0.25) is 11.9 Å². The van der Waals surface area contributed by atoms with Crippen LogP contribution >= 0.6 is 11.6 Å². The van der Waals surface area contributed by atoms with E-state index < -0.39 is 18.0 Å². The molecule has 3 aromatic rings. The van der Waals surface area contributed by atoms with Crippen molar-refractivity contribution >= 4 is 34.5 Å². The third-order valence-corrected chi connectivity index (χ3v) is 7.53. The van der Waals surface area contributed by atoms with Crippen LogP contribution in [0.1, 0.15) is 43.4 Å². The van der Waals surface area contributed by atoms with E-state index in [4.69, 9.17) is 16.6 Å². The molecule has 0 radical (unpaired) electrons. The standard InChI is InChI=1S/C25H27ClF3N5O2/c1-14-12-18-19(13-16(14)26)34(22-7-3-6-21(32-22)25(27,28)29)24(31-18)33-10-8-15(9-11-33)23(36)30-17-4-2-5-20(17)35/h3,6-7,12-13,15,17,20,35H,2,4-5,8-11H2,1H3,(H,30,36)/t17-,20?/m0/s1. The first-order valence-corrected chi connectivity index (χ1v) is 12.5. The van der Waals surface area contributed by atoms with Crippen LogP contribution < -0.4 is 10.2 Å². The van der Waals surface area contributed by atoms with Gasteiger partial charge in [-0.1, -0.05) is 17.7 Å². The van der Waals surface area contributed by atoms with Crippen LogP contribution in [0.4, 0.5) is 19.1 Å². The molecule has 1 saturated carbocycles. The first kappa shape index (κ1) is 24.8. The number of aliphatic hydroxyl groups excluding tert-OH is 1. The predicted octanol–water partition coefficient (Wildman–Crippen LogP) is 4.65. The highest BCUT2D eigenvalue weighted by atomic mass is 35.5. The Morgan fingerprint density at radius 1 is 1.14 bits per heavy atom. The number of fused-ring (bicyclic) bond motifs is 1. The van der Waals surface area contributed by atoms with E-state index in [1.807, 2.05) is 11.8 Å². The van der Waals surface area contributed by atoms with Gasteiger partial charge in [0, 0.05) is 24.0 Å². The van der Waals surface area contributed by atoms with Gasteiger partial charge in [-0.25, -0.2) is 9.97 Å². The van der Waals surface area contributed by atoms with Crippen LogP contribution in [0, 0.1) is 12.8 Å². The second-order valence-corrected chi connectivity index (χ2v) is 10.00. The Morgan fingerprint density at radius 3 is 2.56 bits per heavy atom. The lowest BCUT2D eigenvalue weighted by Gasteiger charge is -2.33. The molecule has 7 nitrogen and oxygen atoms in total. The maximum Gasteiger partial charge on any atom is 0.433 e. The van der Waals surface area contributed by atoms with Gasteiger partial charge in [-0.15, -0.1) is 0 Å². The molecule has 1 aliphatic carbocycles. The number of amides is 1. The van der Waals surface area contributed by atoms with Crippen molar-refractivity contribution < 1.29 is 23.1 Å². The molecular formula is C25H27ClF3N5O2. The number of rotatable bonds is 4. The Balaban J connectivity index is 1.44. The summed E-state index contributed by atoms with van der Waals surface area (Å²) in [6, 6.07) is 7.08. The van der Waals surface area contributed by atoms with E-state index in [-0.39, 0.29) is 23.7 Å². The van der Waals surface area contributed by atoms with Gasteiger partial charge in [0.05, 0.1) is 23.2 Å². The summed E-state index contributed by atoms with van der Waals surface area (Å²) in [5, 5.41) is 13.5. The number of nitrogens with zero attached hydrogens (tertiary/aromatic N) is 4. The number of carbonyl (C=O) groups excluding carboxylic acids is 1. The van der Waals surface area contributed by atoms with Crippen LogP contribution in [0.25, 0.3) is 16.9 Å². The third kappa shape index (κ3) is 4.76. The lowest BCUT2D eigenvalue weighted by atomic mass is 9.95. The zero-order valence-corrected chi connectivity index (χ0v) is 20.5. The molecule has 5 rings (SSSR count). The minimum Gasteiger partial charge on any atom is -0.391 e. The molecule has 1 amide bonds. The van der Waals surface area contributed by atoms with Crippen LogP contribution in [0.3, 0.4) is 0 Å². The molecule has 0 bridgehead atoms. The van der Waals surface area contributed by atoms with Gasteiger partial charge in [-0.3, -0.25) is 9.36 Å². The number of nitrogens with one attached hydrogen (secondary N) is 1. The molecule has 1 aliphatic heterocycles. The fourth-order valence-electron chi connectivity index (χ4n) is 5.08. The fraction of sp³-hybridized carbons (Fsp3) is 0.480. The third-order valence-electron chi connectivity index (χ3n) is 7.13. The van der Waals surface area contributed by atoms with Gasteiger partial charge >= 0.3 is 6.18 Å². The van der Waals surface area contributed by atoms with E-state index >= 15 is 0 Å². The molecule has 2 fully saturated rings. The molecule has 1 aromatic carbocycles. The van der Waals surface area contributed by atoms with E-state index in [9.17, 15) is 23.1 Å². The topological polar surface area (TPSA) is 83.3 Å². The van der Waals surface area contributed by atoms with Crippen molar-refractivity contribution in [3.63, 3.8) is 0 Å². The number of carbonyl (C=O) groups is 1. The zero-order valence-electron chi connectivity index (χ0n) is 19.7. The van der Waals surface area contributed by atoms with E-state index in [1.54, 1.807) is 16.7 Å². The van der Waals surface area contributed by atoms with E-state index in [0.717, 1.165) is 24.5 Å². The molecule has 192 valence electrons. The van der Waals surface area contributed by atoms with E-state index in [0.29, 0.717) is 54.4 Å². The Bertz CT molecular complexity index is 1290. The van der Waals surface area contributed by atoms with Gasteiger partial charge in [-0.2, -0.15) is 13.2 Å². The number of hydrogen-bond acceptors (Lipinski definition) is 5. The number of imidazole rings is 1. The quantitative estimate of drug-likeness (QED) is 0.522. The van der Waals surface area contributed by atoms with Crippen molar-refractivity contribution in [1.82, 2.24) is 19.9 Å². The van der Waals surface area contributed by atoms with E-state index in [1.165, 1.54) is 12.1 Å². The Hall–Kier alpha value is -2.85. The Labute approximate surface area is 211 Å². The summed E-state index contributed by atoms with van der Waals surface area (Å²) in [7, 11) is 0. The normalized spacial score (nSPS) is 21.3. The first-order chi connectivity index (χ1) is 17.1. The first-order valence-electron chi connectivity index (χ1n) is 12.1. The number of benzene rings is 1. The summed E-state index contributed by atoms with van der Waals surface area (Å²) in [5.41, 5.74) is 0.973. The Morgan fingerprint density at radius 2 is 1.89 bits per heavy atom. The van der Waals surface area contributed by atoms with Gasteiger partial charge in [0.15, 0.2) is 0 Å². The molecule has 2 N–H and O–H groups in total. The largest absolute Gasteiger partial charge is 0.433 e. The van der Waals surface area contributed by atoms with E-state index in [2.05, 4.69) is 10.3 Å². The maximum absolute atomic E-state index is 13.4. The van der Waals surface area contributed by atoms with Crippen LogP contribution in [0.15, 0.2) is 30.3 Å². The summed E-state index contributed by atoms with van der Waals surface area (Å²) in [6.07, 6.45) is -1.58. The van der Waals surface area contributed by atoms with Crippen molar-refractivity contribution in [2.45, 2.75) is 57.3 Å². The van der Waals surface area contributed by atoms with Crippen molar-refractivity contribution in [1.29, 1.82) is 0 Å². The number of alkyl halides is 3. The highest BCUT2D eigenvalue weighted by Gasteiger charge is 2.34. The summed E-state index contributed by atoms with van der Waals surface area (Å²) in [5.74, 6) is 0.298. The van der Waals surface area contributed by atoms with Gasteiger partial charge in [-0.05, 0) is 68.9 Å². The molecule has 2 aromatic heterocycles. The molecule has 1 unspecified atom stereocenters. The van der Waals surface area contributed by atoms with Gasteiger partial charge < -0.3 is 15.3 Å². The van der Waals surface area contributed by atoms with Crippen molar-refractivity contribution in [3.8, 4) is 5.82 Å². The number of piperidine rings is 1. The number of halogens is 4. The molecular weight excluding hydrogens is 495 g/mol. The molecule has 3 heterocycles. The lowest BCUT2D eigenvalue weighted by Crippen LogP contribution is -2.46. The zero-order chi connectivity index (χ0) is 25.6. The number of hydrogen-bond donors (Lipinski definition) is 2. The molecule has 36 heavy (non-hydrogen) atoms. The highest BCUT2D eigenvalue weighted by Crippen LogP contribution is 2.34. The smallest absolute Gasteiger partial charge is 0.391 e. The summed E-state index contributed by atoms with van der Waals surface area (Å²) in [6.45, 7) is 2.84. The second-order valence-electron chi connectivity index (χ2n) is 9.59. The highest BCUT2D eigenvalue weighted by molar-refractivity contribution is 6.32. The monoisotopic (exact) mass is 521 g/mol.